The lowest BCUT2D eigenvalue weighted by atomic mass is 10.0. The molecule has 1 heterocycles. The number of carbonyl (C=O) groups excluding carboxylic acids is 4. The van der Waals surface area contributed by atoms with Gasteiger partial charge in [-0.1, -0.05) is 60.7 Å². The fourth-order valence-electron chi connectivity index (χ4n) is 3.24. The predicted octanol–water partition coefficient (Wildman–Crippen LogP) is 3.05. The molecule has 0 aliphatic carbocycles. The Kier molecular flexibility index (Phi) is 8.39. The summed E-state index contributed by atoms with van der Waals surface area (Å²) >= 11 is 0. The van der Waals surface area contributed by atoms with E-state index in [9.17, 15) is 19.2 Å². The van der Waals surface area contributed by atoms with Crippen molar-refractivity contribution in [1.82, 2.24) is 10.2 Å². The molecule has 1 saturated heterocycles. The van der Waals surface area contributed by atoms with Gasteiger partial charge in [-0.05, 0) is 23.6 Å². The van der Waals surface area contributed by atoms with Crippen LogP contribution in [0.2, 0.25) is 0 Å². The van der Waals surface area contributed by atoms with E-state index >= 15 is 0 Å². The van der Waals surface area contributed by atoms with E-state index in [0.29, 0.717) is 5.57 Å². The molecule has 1 aliphatic heterocycles. The molecule has 9 heteroatoms. The molecule has 0 aromatic heterocycles. The van der Waals surface area contributed by atoms with Gasteiger partial charge in [-0.3, -0.25) is 19.3 Å². The molecule has 178 valence electrons. The fraction of sp³-hybridized carbons (Fsp3) is 0.280. The molecule has 1 N–H and O–H groups in total. The summed E-state index contributed by atoms with van der Waals surface area (Å²) in [4.78, 5) is 49.5. The van der Waals surface area contributed by atoms with Crippen molar-refractivity contribution in [3.63, 3.8) is 0 Å². The summed E-state index contributed by atoms with van der Waals surface area (Å²) in [5.41, 5.74) is 2.17. The second-order valence-electron chi connectivity index (χ2n) is 7.73. The lowest BCUT2D eigenvalue weighted by Crippen LogP contribution is -2.70. The standard InChI is InChI=1S/C25H26N2O7/c1-17(13-21(29)32-15-19-9-5-3-6-10-19)14-27-23(30)22(24(27)34-18(2)28)26-25(31)33-16-20-11-7-4-8-12-20/h3-12,14,22,24H,13,15-16H2,1-2H3,(H,26,31)/t22-,24+/m1/s1. The zero-order valence-electron chi connectivity index (χ0n) is 18.9. The highest BCUT2D eigenvalue weighted by Crippen LogP contribution is 2.24. The zero-order valence-corrected chi connectivity index (χ0v) is 18.9. The molecular formula is C25H26N2O7. The summed E-state index contributed by atoms with van der Waals surface area (Å²) in [5, 5.41) is 2.42. The van der Waals surface area contributed by atoms with Crippen molar-refractivity contribution < 1.29 is 33.4 Å². The average Bonchev–Trinajstić information content (AvgIpc) is 2.83. The van der Waals surface area contributed by atoms with E-state index in [0.717, 1.165) is 16.0 Å². The molecule has 9 nitrogen and oxygen atoms in total. The summed E-state index contributed by atoms with van der Waals surface area (Å²) < 4.78 is 15.6. The van der Waals surface area contributed by atoms with Crippen LogP contribution in [0, 0.1) is 0 Å². The third-order valence-electron chi connectivity index (χ3n) is 4.88. The Morgan fingerprint density at radius 2 is 1.47 bits per heavy atom. The number of benzene rings is 2. The minimum atomic E-state index is -1.10. The Morgan fingerprint density at radius 3 is 2.03 bits per heavy atom. The van der Waals surface area contributed by atoms with Crippen molar-refractivity contribution in [3.05, 3.63) is 83.6 Å². The lowest BCUT2D eigenvalue weighted by molar-refractivity contribution is -0.182. The van der Waals surface area contributed by atoms with Gasteiger partial charge in [-0.15, -0.1) is 0 Å². The first-order valence-corrected chi connectivity index (χ1v) is 10.7. The molecule has 2 aromatic rings. The maximum absolute atomic E-state index is 12.6. The van der Waals surface area contributed by atoms with Crippen LogP contribution in [0.25, 0.3) is 0 Å². The van der Waals surface area contributed by atoms with Crippen LogP contribution in [0.3, 0.4) is 0 Å². The molecule has 1 fully saturated rings. The number of carbonyl (C=O) groups is 4. The fourth-order valence-corrected chi connectivity index (χ4v) is 3.24. The van der Waals surface area contributed by atoms with Gasteiger partial charge in [0.15, 0.2) is 6.04 Å². The van der Waals surface area contributed by atoms with Gasteiger partial charge in [-0.2, -0.15) is 0 Å². The van der Waals surface area contributed by atoms with Crippen LogP contribution in [0.5, 0.6) is 0 Å². The Bertz CT molecular complexity index is 1050. The molecule has 0 spiro atoms. The van der Waals surface area contributed by atoms with Crippen LogP contribution in [0.4, 0.5) is 4.79 Å². The van der Waals surface area contributed by atoms with Gasteiger partial charge in [0, 0.05) is 13.1 Å². The van der Waals surface area contributed by atoms with E-state index < -0.39 is 36.2 Å². The number of nitrogens with one attached hydrogen (secondary N) is 1. The summed E-state index contributed by atoms with van der Waals surface area (Å²) in [6, 6.07) is 17.2. The van der Waals surface area contributed by atoms with Crippen molar-refractivity contribution in [1.29, 1.82) is 0 Å². The van der Waals surface area contributed by atoms with Crippen LogP contribution in [-0.2, 0) is 41.8 Å². The molecule has 3 rings (SSSR count). The number of amides is 2. The predicted molar refractivity (Wildman–Crippen MR) is 121 cm³/mol. The quantitative estimate of drug-likeness (QED) is 0.343. The first kappa shape index (κ1) is 24.5. The minimum absolute atomic E-state index is 0.0274. The van der Waals surface area contributed by atoms with E-state index in [1.807, 2.05) is 48.5 Å². The van der Waals surface area contributed by atoms with Gasteiger partial charge in [-0.25, -0.2) is 4.79 Å². The number of hydrogen-bond acceptors (Lipinski definition) is 7. The number of rotatable bonds is 9. The number of likely N-dealkylation sites (tertiary alicyclic amines) is 1. The molecule has 0 radical (unpaired) electrons. The van der Waals surface area contributed by atoms with Gasteiger partial charge in [0.2, 0.25) is 6.23 Å². The third-order valence-corrected chi connectivity index (χ3v) is 4.88. The number of hydrogen-bond donors (Lipinski definition) is 1. The number of ether oxygens (including phenoxy) is 3. The van der Waals surface area contributed by atoms with Crippen molar-refractivity contribution >= 4 is 23.9 Å². The maximum Gasteiger partial charge on any atom is 0.408 e. The highest BCUT2D eigenvalue weighted by Gasteiger charge is 2.50. The van der Waals surface area contributed by atoms with Gasteiger partial charge in [0.1, 0.15) is 13.2 Å². The Balaban J connectivity index is 1.54. The maximum atomic E-state index is 12.6. The second kappa shape index (κ2) is 11.6. The highest BCUT2D eigenvalue weighted by molar-refractivity contribution is 5.93. The van der Waals surface area contributed by atoms with Crippen molar-refractivity contribution in [2.75, 3.05) is 0 Å². The number of nitrogens with zero attached hydrogens (tertiary/aromatic N) is 1. The van der Waals surface area contributed by atoms with Crippen LogP contribution in [0.15, 0.2) is 72.4 Å². The van der Waals surface area contributed by atoms with Crippen LogP contribution < -0.4 is 5.32 Å². The van der Waals surface area contributed by atoms with Crippen LogP contribution >= 0.6 is 0 Å². The topological polar surface area (TPSA) is 111 Å². The van der Waals surface area contributed by atoms with Crippen molar-refractivity contribution in [3.8, 4) is 0 Å². The lowest BCUT2D eigenvalue weighted by Gasteiger charge is -2.43. The van der Waals surface area contributed by atoms with Gasteiger partial charge in [0.25, 0.3) is 5.91 Å². The van der Waals surface area contributed by atoms with Crippen LogP contribution in [0.1, 0.15) is 31.4 Å². The minimum Gasteiger partial charge on any atom is -0.461 e. The number of alkyl carbamates (subject to hydrolysis) is 1. The summed E-state index contributed by atoms with van der Waals surface area (Å²) in [6.07, 6.45) is -0.512. The SMILES string of the molecule is CC(=O)O[C@H]1[C@H](NC(=O)OCc2ccccc2)C(=O)N1C=C(C)CC(=O)OCc1ccccc1. The first-order chi connectivity index (χ1) is 16.3. The van der Waals surface area contributed by atoms with E-state index in [4.69, 9.17) is 14.2 Å². The van der Waals surface area contributed by atoms with E-state index in [1.54, 1.807) is 19.1 Å². The molecular weight excluding hydrogens is 440 g/mol. The van der Waals surface area contributed by atoms with Crippen molar-refractivity contribution in [2.24, 2.45) is 0 Å². The van der Waals surface area contributed by atoms with Crippen molar-refractivity contribution in [2.45, 2.75) is 45.8 Å². The largest absolute Gasteiger partial charge is 0.461 e. The molecule has 0 saturated carbocycles. The zero-order chi connectivity index (χ0) is 24.5. The van der Waals surface area contributed by atoms with Gasteiger partial charge < -0.3 is 19.5 Å². The smallest absolute Gasteiger partial charge is 0.408 e. The van der Waals surface area contributed by atoms with Crippen LogP contribution in [-0.4, -0.2) is 41.1 Å². The molecule has 1 aliphatic rings. The van der Waals surface area contributed by atoms with E-state index in [2.05, 4.69) is 5.32 Å². The molecule has 34 heavy (non-hydrogen) atoms. The Morgan fingerprint density at radius 1 is 0.912 bits per heavy atom. The molecule has 2 aromatic carbocycles. The normalized spacial score (nSPS) is 17.4. The second-order valence-corrected chi connectivity index (χ2v) is 7.73. The summed E-state index contributed by atoms with van der Waals surface area (Å²) in [7, 11) is 0. The Labute approximate surface area is 197 Å². The third kappa shape index (κ3) is 6.93. The molecule has 2 atom stereocenters. The highest BCUT2D eigenvalue weighted by atomic mass is 16.6. The molecule has 0 bridgehead atoms. The Hall–Kier alpha value is -4.14. The summed E-state index contributed by atoms with van der Waals surface area (Å²) in [5.74, 6) is -1.59. The average molecular weight is 466 g/mol. The monoisotopic (exact) mass is 466 g/mol. The van der Waals surface area contributed by atoms with Gasteiger partial charge >= 0.3 is 18.0 Å². The van der Waals surface area contributed by atoms with E-state index in [-0.39, 0.29) is 19.6 Å². The van der Waals surface area contributed by atoms with Gasteiger partial charge in [0.05, 0.1) is 6.42 Å². The summed E-state index contributed by atoms with van der Waals surface area (Å²) in [6.45, 7) is 3.02. The van der Waals surface area contributed by atoms with E-state index in [1.165, 1.54) is 13.1 Å². The molecule has 2 amide bonds. The molecule has 0 unspecified atom stereocenters. The number of β-lactam (4-membered cyclic amide) rings is 1. The first-order valence-electron chi connectivity index (χ1n) is 10.7. The number of esters is 2.